The van der Waals surface area contributed by atoms with Gasteiger partial charge in [-0.3, -0.25) is 4.90 Å². The minimum absolute atomic E-state index is 0.244. The van der Waals surface area contributed by atoms with E-state index in [9.17, 15) is 13.2 Å². The summed E-state index contributed by atoms with van der Waals surface area (Å²) in [7, 11) is 0. The number of piperazine rings is 1. The van der Waals surface area contributed by atoms with Gasteiger partial charge in [0.25, 0.3) is 0 Å². The van der Waals surface area contributed by atoms with Crippen molar-refractivity contribution in [3.63, 3.8) is 0 Å². The Balaban J connectivity index is 1.85. The van der Waals surface area contributed by atoms with Crippen molar-refractivity contribution in [2.75, 3.05) is 37.6 Å². The van der Waals surface area contributed by atoms with Crippen LogP contribution in [-0.4, -0.2) is 48.8 Å². The maximum absolute atomic E-state index is 12.5. The van der Waals surface area contributed by atoms with Crippen LogP contribution in [0.5, 0.6) is 0 Å². The summed E-state index contributed by atoms with van der Waals surface area (Å²) in [6.45, 7) is 2.08. The molecule has 0 spiro atoms. The van der Waals surface area contributed by atoms with Crippen LogP contribution in [0.15, 0.2) is 11.6 Å². The highest BCUT2D eigenvalue weighted by Gasteiger charge is 2.41. The molecule has 2 heterocycles. The Labute approximate surface area is 113 Å². The molecule has 4 nitrogen and oxygen atoms in total. The van der Waals surface area contributed by atoms with Crippen LogP contribution in [0.1, 0.15) is 0 Å². The third kappa shape index (κ3) is 3.58. The molecule has 1 aromatic rings. The highest BCUT2D eigenvalue weighted by molar-refractivity contribution is 7.13. The van der Waals surface area contributed by atoms with Gasteiger partial charge in [-0.2, -0.15) is 18.4 Å². The van der Waals surface area contributed by atoms with Gasteiger partial charge in [-0.05, 0) is 0 Å². The molecule has 0 aromatic carbocycles. The number of nitrogens with zero attached hydrogens (tertiary/aromatic N) is 4. The van der Waals surface area contributed by atoms with Crippen LogP contribution >= 0.6 is 11.3 Å². The third-order valence-corrected chi connectivity index (χ3v) is 3.89. The molecule has 8 heteroatoms. The van der Waals surface area contributed by atoms with Crippen LogP contribution < -0.4 is 4.90 Å². The lowest BCUT2D eigenvalue weighted by atomic mass is 10.1. The SMILES string of the molecule is N#CC(CN1CCN(c2nccs2)CC1)C(F)(F)F. The lowest BCUT2D eigenvalue weighted by molar-refractivity contribution is -0.163. The Kier molecular flexibility index (Phi) is 4.27. The van der Waals surface area contributed by atoms with Crippen LogP contribution in [0.2, 0.25) is 0 Å². The molecule has 2 rings (SSSR count). The third-order valence-electron chi connectivity index (χ3n) is 3.05. The average Bonchev–Trinajstić information content (AvgIpc) is 2.89. The molecule has 1 aliphatic heterocycles. The zero-order valence-corrected chi connectivity index (χ0v) is 10.9. The van der Waals surface area contributed by atoms with Crippen molar-refractivity contribution in [3.8, 4) is 6.07 Å². The predicted molar refractivity (Wildman–Crippen MR) is 65.9 cm³/mol. The highest BCUT2D eigenvalue weighted by atomic mass is 32.1. The fourth-order valence-electron chi connectivity index (χ4n) is 1.97. The molecule has 104 valence electrons. The summed E-state index contributed by atoms with van der Waals surface area (Å²) in [5.41, 5.74) is 0. The zero-order valence-electron chi connectivity index (χ0n) is 10.1. The summed E-state index contributed by atoms with van der Waals surface area (Å²) in [5.74, 6) is -1.90. The first-order chi connectivity index (χ1) is 9.00. The molecule has 0 N–H and O–H groups in total. The van der Waals surface area contributed by atoms with Crippen LogP contribution in [0, 0.1) is 17.2 Å². The number of rotatable bonds is 3. The number of thiazole rings is 1. The highest BCUT2D eigenvalue weighted by Crippen LogP contribution is 2.27. The summed E-state index contributed by atoms with van der Waals surface area (Å²) in [5, 5.41) is 11.3. The van der Waals surface area contributed by atoms with E-state index in [1.807, 2.05) is 5.38 Å². The fraction of sp³-hybridized carbons (Fsp3) is 0.636. The average molecular weight is 290 g/mol. The first-order valence-electron chi connectivity index (χ1n) is 5.84. The number of halogens is 3. The Morgan fingerprint density at radius 1 is 1.37 bits per heavy atom. The number of aromatic nitrogens is 1. The molecule has 0 aliphatic carbocycles. The Morgan fingerprint density at radius 3 is 2.53 bits per heavy atom. The van der Waals surface area contributed by atoms with Crippen molar-refractivity contribution in [2.24, 2.45) is 5.92 Å². The van der Waals surface area contributed by atoms with Gasteiger partial charge >= 0.3 is 6.18 Å². The number of hydrogen-bond acceptors (Lipinski definition) is 5. The molecule has 0 amide bonds. The number of alkyl halides is 3. The standard InChI is InChI=1S/C11H13F3N4S/c12-11(13,14)9(7-15)8-17-2-4-18(5-3-17)10-16-1-6-19-10/h1,6,9H,2-5,8H2. The van der Waals surface area contributed by atoms with Crippen molar-refractivity contribution in [1.29, 1.82) is 5.26 Å². The second-order valence-corrected chi connectivity index (χ2v) is 5.20. The van der Waals surface area contributed by atoms with Gasteiger partial charge in [0.1, 0.15) is 0 Å². The van der Waals surface area contributed by atoms with Crippen molar-refractivity contribution in [2.45, 2.75) is 6.18 Å². The molecular weight excluding hydrogens is 277 g/mol. The van der Waals surface area contributed by atoms with Crippen molar-refractivity contribution in [3.05, 3.63) is 11.6 Å². The van der Waals surface area contributed by atoms with Gasteiger partial charge in [-0.1, -0.05) is 0 Å². The molecule has 0 saturated carbocycles. The number of nitriles is 1. The van der Waals surface area contributed by atoms with Gasteiger partial charge in [0.2, 0.25) is 0 Å². The lowest BCUT2D eigenvalue weighted by Gasteiger charge is -2.35. The molecular formula is C11H13F3N4S. The molecule has 0 radical (unpaired) electrons. The van der Waals surface area contributed by atoms with E-state index in [2.05, 4.69) is 9.88 Å². The molecule has 1 unspecified atom stereocenters. The molecule has 1 atom stereocenters. The predicted octanol–water partition coefficient (Wildman–Crippen LogP) is 1.97. The van der Waals surface area contributed by atoms with Crippen molar-refractivity contribution < 1.29 is 13.2 Å². The van der Waals surface area contributed by atoms with E-state index in [0.29, 0.717) is 26.2 Å². The molecule has 0 bridgehead atoms. The number of anilines is 1. The van der Waals surface area contributed by atoms with E-state index in [1.54, 1.807) is 11.1 Å². The minimum Gasteiger partial charge on any atom is -0.346 e. The monoisotopic (exact) mass is 290 g/mol. The maximum atomic E-state index is 12.5. The molecule has 1 aliphatic rings. The van der Waals surface area contributed by atoms with Gasteiger partial charge in [0, 0.05) is 44.3 Å². The van der Waals surface area contributed by atoms with E-state index < -0.39 is 12.1 Å². The fourth-order valence-corrected chi connectivity index (χ4v) is 2.67. The van der Waals surface area contributed by atoms with Gasteiger partial charge in [0.05, 0.1) is 6.07 Å². The first-order valence-corrected chi connectivity index (χ1v) is 6.72. The Hall–Kier alpha value is -1.33. The van der Waals surface area contributed by atoms with Crippen molar-refractivity contribution in [1.82, 2.24) is 9.88 Å². The smallest absolute Gasteiger partial charge is 0.346 e. The Morgan fingerprint density at radius 2 is 2.05 bits per heavy atom. The second kappa shape index (κ2) is 5.75. The lowest BCUT2D eigenvalue weighted by Crippen LogP contribution is -2.49. The summed E-state index contributed by atoms with van der Waals surface area (Å²) in [6, 6.07) is 1.34. The van der Waals surface area contributed by atoms with Crippen LogP contribution in [-0.2, 0) is 0 Å². The summed E-state index contributed by atoms with van der Waals surface area (Å²) in [6.07, 6.45) is -2.73. The summed E-state index contributed by atoms with van der Waals surface area (Å²) < 4.78 is 37.5. The Bertz CT molecular complexity index is 432. The normalized spacial score (nSPS) is 19.2. The van der Waals surface area contributed by atoms with E-state index in [4.69, 9.17) is 5.26 Å². The molecule has 1 aromatic heterocycles. The van der Waals surface area contributed by atoms with E-state index >= 15 is 0 Å². The van der Waals surface area contributed by atoms with E-state index in [-0.39, 0.29) is 6.54 Å². The van der Waals surface area contributed by atoms with Crippen molar-refractivity contribution >= 4 is 16.5 Å². The quantitative estimate of drug-likeness (QED) is 0.853. The van der Waals surface area contributed by atoms with E-state index in [0.717, 1.165) is 5.13 Å². The van der Waals surface area contributed by atoms with Gasteiger partial charge < -0.3 is 4.90 Å². The topological polar surface area (TPSA) is 43.2 Å². The summed E-state index contributed by atoms with van der Waals surface area (Å²) in [4.78, 5) is 7.91. The zero-order chi connectivity index (χ0) is 13.9. The number of hydrogen-bond donors (Lipinski definition) is 0. The van der Waals surface area contributed by atoms with E-state index in [1.165, 1.54) is 17.4 Å². The minimum atomic E-state index is -4.44. The molecule has 19 heavy (non-hydrogen) atoms. The van der Waals surface area contributed by atoms with Gasteiger partial charge in [-0.15, -0.1) is 11.3 Å². The molecule has 1 fully saturated rings. The van der Waals surface area contributed by atoms with Gasteiger partial charge in [0.15, 0.2) is 11.0 Å². The second-order valence-electron chi connectivity index (χ2n) is 4.33. The van der Waals surface area contributed by atoms with Crippen LogP contribution in [0.4, 0.5) is 18.3 Å². The van der Waals surface area contributed by atoms with Crippen LogP contribution in [0.25, 0.3) is 0 Å². The first kappa shape index (κ1) is 14.1. The van der Waals surface area contributed by atoms with Gasteiger partial charge in [-0.25, -0.2) is 4.98 Å². The van der Waals surface area contributed by atoms with Crippen LogP contribution in [0.3, 0.4) is 0 Å². The summed E-state index contributed by atoms with van der Waals surface area (Å²) >= 11 is 1.52. The largest absolute Gasteiger partial charge is 0.405 e. The maximum Gasteiger partial charge on any atom is 0.405 e. The molecule has 1 saturated heterocycles.